The van der Waals surface area contributed by atoms with E-state index in [4.69, 9.17) is 0 Å². The standard InChI is InChI=1S/C16H19F3N2O2/c1-15(2,3)21-9-12(8-13(21)22)20-14(23)10-4-6-11(7-5-10)16(17,18)19/h4-7,12H,8-9H2,1-3H3,(H,20,23). The number of nitrogens with zero attached hydrogens (tertiary/aromatic N) is 1. The second-order valence-corrected chi connectivity index (χ2v) is 6.62. The van der Waals surface area contributed by atoms with E-state index in [2.05, 4.69) is 5.32 Å². The summed E-state index contributed by atoms with van der Waals surface area (Å²) in [6, 6.07) is 3.68. The fraction of sp³-hybridized carbons (Fsp3) is 0.500. The summed E-state index contributed by atoms with van der Waals surface area (Å²) in [4.78, 5) is 25.7. The highest BCUT2D eigenvalue weighted by molar-refractivity contribution is 5.95. The summed E-state index contributed by atoms with van der Waals surface area (Å²) in [5.74, 6) is -0.525. The lowest BCUT2D eigenvalue weighted by Crippen LogP contribution is -2.44. The molecule has 126 valence electrons. The van der Waals surface area contributed by atoms with E-state index in [1.165, 1.54) is 0 Å². The number of benzene rings is 1. The van der Waals surface area contributed by atoms with E-state index in [0.717, 1.165) is 24.3 Å². The van der Waals surface area contributed by atoms with Crippen LogP contribution in [0.1, 0.15) is 43.1 Å². The van der Waals surface area contributed by atoms with Gasteiger partial charge in [0.05, 0.1) is 11.6 Å². The molecule has 0 bridgehead atoms. The molecular weight excluding hydrogens is 309 g/mol. The highest BCUT2D eigenvalue weighted by Crippen LogP contribution is 2.29. The minimum absolute atomic E-state index is 0.0461. The summed E-state index contributed by atoms with van der Waals surface area (Å²) < 4.78 is 37.5. The van der Waals surface area contributed by atoms with Gasteiger partial charge < -0.3 is 10.2 Å². The van der Waals surface area contributed by atoms with Crippen molar-refractivity contribution in [3.05, 3.63) is 35.4 Å². The molecule has 1 unspecified atom stereocenters. The molecule has 2 amide bonds. The predicted octanol–water partition coefficient (Wildman–Crippen LogP) is 2.83. The van der Waals surface area contributed by atoms with Crippen LogP contribution in [0.15, 0.2) is 24.3 Å². The first kappa shape index (κ1) is 17.3. The summed E-state index contributed by atoms with van der Waals surface area (Å²) >= 11 is 0. The van der Waals surface area contributed by atoms with Gasteiger partial charge in [0.15, 0.2) is 0 Å². The average Bonchev–Trinajstić information content (AvgIpc) is 2.78. The molecule has 23 heavy (non-hydrogen) atoms. The molecule has 0 radical (unpaired) electrons. The molecule has 4 nitrogen and oxygen atoms in total. The van der Waals surface area contributed by atoms with Crippen molar-refractivity contribution in [2.75, 3.05) is 6.54 Å². The van der Waals surface area contributed by atoms with E-state index in [9.17, 15) is 22.8 Å². The van der Waals surface area contributed by atoms with Crippen molar-refractivity contribution in [2.24, 2.45) is 0 Å². The molecule has 0 aliphatic carbocycles. The van der Waals surface area contributed by atoms with Crippen LogP contribution < -0.4 is 5.32 Å². The van der Waals surface area contributed by atoms with Crippen molar-refractivity contribution in [1.82, 2.24) is 10.2 Å². The first-order valence-corrected chi connectivity index (χ1v) is 7.27. The Labute approximate surface area is 132 Å². The molecular formula is C16H19F3N2O2. The molecule has 0 saturated carbocycles. The molecule has 0 aromatic heterocycles. The summed E-state index contributed by atoms with van der Waals surface area (Å²) in [6.07, 6.45) is -4.23. The third-order valence-corrected chi connectivity index (χ3v) is 3.74. The fourth-order valence-corrected chi connectivity index (χ4v) is 2.53. The zero-order valence-corrected chi connectivity index (χ0v) is 13.2. The van der Waals surface area contributed by atoms with Crippen molar-refractivity contribution in [2.45, 2.75) is 44.9 Å². The Morgan fingerprint density at radius 1 is 1.17 bits per heavy atom. The van der Waals surface area contributed by atoms with Crippen molar-refractivity contribution in [3.63, 3.8) is 0 Å². The molecule has 0 spiro atoms. The Balaban J connectivity index is 2.02. The van der Waals surface area contributed by atoms with Gasteiger partial charge in [0.25, 0.3) is 5.91 Å². The normalized spacial score (nSPS) is 19.1. The molecule has 7 heteroatoms. The van der Waals surface area contributed by atoms with Gasteiger partial charge in [0.1, 0.15) is 0 Å². The summed E-state index contributed by atoms with van der Waals surface area (Å²) in [7, 11) is 0. The topological polar surface area (TPSA) is 49.4 Å². The van der Waals surface area contributed by atoms with Gasteiger partial charge in [-0.2, -0.15) is 13.2 Å². The number of likely N-dealkylation sites (tertiary alicyclic amines) is 1. The summed E-state index contributed by atoms with van der Waals surface area (Å²) in [5, 5.41) is 2.70. The van der Waals surface area contributed by atoms with Crippen LogP contribution in [0.5, 0.6) is 0 Å². The zero-order chi connectivity index (χ0) is 17.4. The van der Waals surface area contributed by atoms with Crippen molar-refractivity contribution in [3.8, 4) is 0 Å². The van der Waals surface area contributed by atoms with Crippen LogP contribution in [0.25, 0.3) is 0 Å². The van der Waals surface area contributed by atoms with Crippen LogP contribution in [0, 0.1) is 0 Å². The first-order chi connectivity index (χ1) is 10.5. The van der Waals surface area contributed by atoms with Crippen molar-refractivity contribution < 1.29 is 22.8 Å². The molecule has 1 aromatic carbocycles. The Kier molecular flexibility index (Phi) is 4.41. The van der Waals surface area contributed by atoms with Crippen molar-refractivity contribution >= 4 is 11.8 Å². The number of amides is 2. The number of nitrogens with one attached hydrogen (secondary N) is 1. The van der Waals surface area contributed by atoms with E-state index < -0.39 is 17.6 Å². The molecule has 1 aliphatic rings. The van der Waals surface area contributed by atoms with Crippen LogP contribution in [0.3, 0.4) is 0 Å². The van der Waals surface area contributed by atoms with Crippen LogP contribution in [0.4, 0.5) is 13.2 Å². The largest absolute Gasteiger partial charge is 0.416 e. The quantitative estimate of drug-likeness (QED) is 0.907. The summed E-state index contributed by atoms with van der Waals surface area (Å²) in [5.41, 5.74) is -0.992. The van der Waals surface area contributed by atoms with Gasteiger partial charge in [-0.1, -0.05) is 0 Å². The van der Waals surface area contributed by atoms with Crippen LogP contribution >= 0.6 is 0 Å². The Bertz CT molecular complexity index is 603. The number of carbonyl (C=O) groups is 2. The van der Waals surface area contributed by atoms with Crippen LogP contribution in [0.2, 0.25) is 0 Å². The molecule has 1 fully saturated rings. The molecule has 1 N–H and O–H groups in total. The van der Waals surface area contributed by atoms with Gasteiger partial charge in [-0.05, 0) is 45.0 Å². The van der Waals surface area contributed by atoms with Gasteiger partial charge >= 0.3 is 6.18 Å². The van der Waals surface area contributed by atoms with E-state index >= 15 is 0 Å². The molecule has 1 atom stereocenters. The zero-order valence-electron chi connectivity index (χ0n) is 13.2. The minimum atomic E-state index is -4.43. The lowest BCUT2D eigenvalue weighted by atomic mass is 10.1. The number of hydrogen-bond acceptors (Lipinski definition) is 2. The molecule has 1 heterocycles. The Hall–Kier alpha value is -2.05. The Morgan fingerprint density at radius 2 is 1.74 bits per heavy atom. The van der Waals surface area contributed by atoms with Gasteiger partial charge in [0.2, 0.25) is 5.91 Å². The van der Waals surface area contributed by atoms with Crippen molar-refractivity contribution in [1.29, 1.82) is 0 Å². The lowest BCUT2D eigenvalue weighted by Gasteiger charge is -2.32. The van der Waals surface area contributed by atoms with Gasteiger partial charge in [-0.15, -0.1) is 0 Å². The lowest BCUT2D eigenvalue weighted by molar-refractivity contribution is -0.137. The summed E-state index contributed by atoms with van der Waals surface area (Å²) in [6.45, 7) is 6.12. The molecule has 1 aromatic rings. The molecule has 1 saturated heterocycles. The maximum absolute atomic E-state index is 12.5. The van der Waals surface area contributed by atoms with Gasteiger partial charge in [-0.3, -0.25) is 9.59 Å². The number of halogens is 3. The van der Waals surface area contributed by atoms with E-state index in [0.29, 0.717) is 6.54 Å². The number of hydrogen-bond donors (Lipinski definition) is 1. The van der Waals surface area contributed by atoms with Crippen LogP contribution in [-0.2, 0) is 11.0 Å². The Morgan fingerprint density at radius 3 is 2.17 bits per heavy atom. The fourth-order valence-electron chi connectivity index (χ4n) is 2.53. The van der Waals surface area contributed by atoms with E-state index in [1.54, 1.807) is 4.90 Å². The average molecular weight is 328 g/mol. The predicted molar refractivity (Wildman–Crippen MR) is 78.8 cm³/mol. The first-order valence-electron chi connectivity index (χ1n) is 7.27. The monoisotopic (exact) mass is 328 g/mol. The second-order valence-electron chi connectivity index (χ2n) is 6.62. The van der Waals surface area contributed by atoms with E-state index in [-0.39, 0.29) is 29.5 Å². The molecule has 2 rings (SSSR count). The second kappa shape index (κ2) is 5.86. The maximum atomic E-state index is 12.5. The number of rotatable bonds is 2. The highest BCUT2D eigenvalue weighted by atomic mass is 19.4. The SMILES string of the molecule is CC(C)(C)N1CC(NC(=O)c2ccc(C(F)(F)F)cc2)CC1=O. The van der Waals surface area contributed by atoms with E-state index in [1.807, 2.05) is 20.8 Å². The maximum Gasteiger partial charge on any atom is 0.416 e. The van der Waals surface area contributed by atoms with Gasteiger partial charge in [-0.25, -0.2) is 0 Å². The van der Waals surface area contributed by atoms with Gasteiger partial charge in [0, 0.05) is 24.1 Å². The highest BCUT2D eigenvalue weighted by Gasteiger charge is 2.37. The number of alkyl halides is 3. The third kappa shape index (κ3) is 4.03. The minimum Gasteiger partial charge on any atom is -0.347 e. The third-order valence-electron chi connectivity index (χ3n) is 3.74. The smallest absolute Gasteiger partial charge is 0.347 e. The molecule has 1 aliphatic heterocycles. The van der Waals surface area contributed by atoms with Crippen LogP contribution in [-0.4, -0.2) is 34.8 Å². The number of carbonyl (C=O) groups excluding carboxylic acids is 2.